The van der Waals surface area contributed by atoms with Crippen molar-refractivity contribution in [1.29, 1.82) is 0 Å². The van der Waals surface area contributed by atoms with E-state index >= 15 is 0 Å². The molecule has 1 amide bonds. The number of aryl methyl sites for hydroxylation is 1. The normalized spacial score (nSPS) is 16.8. The molecule has 2 aromatic rings. The lowest BCUT2D eigenvalue weighted by atomic mass is 10.0. The van der Waals surface area contributed by atoms with Gasteiger partial charge in [0.25, 0.3) is 5.91 Å². The van der Waals surface area contributed by atoms with Gasteiger partial charge in [-0.25, -0.2) is 0 Å². The zero-order chi connectivity index (χ0) is 17.9. The van der Waals surface area contributed by atoms with Crippen LogP contribution in [0.3, 0.4) is 0 Å². The third-order valence-electron chi connectivity index (χ3n) is 4.59. The molecule has 132 valence electrons. The van der Waals surface area contributed by atoms with Gasteiger partial charge >= 0.3 is 0 Å². The fraction of sp³-hybridized carbons (Fsp3) is 0.444. The number of rotatable bonds is 5. The first-order chi connectivity index (χ1) is 12.0. The third-order valence-corrected chi connectivity index (χ3v) is 4.59. The summed E-state index contributed by atoms with van der Waals surface area (Å²) in [7, 11) is 1.71. The van der Waals surface area contributed by atoms with Crippen molar-refractivity contribution in [2.24, 2.45) is 0 Å². The number of aliphatic hydroxyl groups is 1. The molecule has 0 spiro atoms. The summed E-state index contributed by atoms with van der Waals surface area (Å²) in [6, 6.07) is 9.56. The van der Waals surface area contributed by atoms with Crippen molar-refractivity contribution in [1.82, 2.24) is 25.1 Å². The molecule has 0 unspecified atom stereocenters. The highest BCUT2D eigenvalue weighted by atomic mass is 16.3. The van der Waals surface area contributed by atoms with E-state index in [1.807, 2.05) is 30.3 Å². The quantitative estimate of drug-likeness (QED) is 0.838. The summed E-state index contributed by atoms with van der Waals surface area (Å²) in [6.07, 6.45) is 5.22. The van der Waals surface area contributed by atoms with Gasteiger partial charge in [0.05, 0.1) is 5.60 Å². The maximum absolute atomic E-state index is 13.1. The molecule has 7 nitrogen and oxygen atoms in total. The molecule has 3 rings (SSSR count). The van der Waals surface area contributed by atoms with Crippen molar-refractivity contribution in [3.63, 3.8) is 0 Å². The van der Waals surface area contributed by atoms with Crippen LogP contribution in [0.4, 0.5) is 0 Å². The summed E-state index contributed by atoms with van der Waals surface area (Å²) in [4.78, 5) is 14.6. The molecule has 0 radical (unpaired) electrons. The van der Waals surface area contributed by atoms with E-state index < -0.39 is 5.60 Å². The number of nitrogens with zero attached hydrogens (tertiary/aromatic N) is 5. The summed E-state index contributed by atoms with van der Waals surface area (Å²) in [5.74, 6) is 0.308. The van der Waals surface area contributed by atoms with Crippen LogP contribution in [0.25, 0.3) is 11.8 Å². The van der Waals surface area contributed by atoms with Gasteiger partial charge in [0.2, 0.25) is 0 Å². The van der Waals surface area contributed by atoms with E-state index in [2.05, 4.69) is 15.5 Å². The molecule has 1 heterocycles. The zero-order valence-corrected chi connectivity index (χ0v) is 14.6. The van der Waals surface area contributed by atoms with E-state index in [9.17, 15) is 9.90 Å². The Kier molecular flexibility index (Phi) is 4.94. The molecular weight excluding hydrogens is 318 g/mol. The highest BCUT2D eigenvalue weighted by Crippen LogP contribution is 2.30. The number of carbonyl (C=O) groups is 1. The van der Waals surface area contributed by atoms with Crippen molar-refractivity contribution in [2.75, 3.05) is 13.6 Å². The fourth-order valence-electron chi connectivity index (χ4n) is 3.27. The van der Waals surface area contributed by atoms with E-state index in [-0.39, 0.29) is 5.91 Å². The molecule has 1 saturated carbocycles. The van der Waals surface area contributed by atoms with Gasteiger partial charge in [-0.15, -0.1) is 5.10 Å². The van der Waals surface area contributed by atoms with Crippen molar-refractivity contribution >= 4 is 17.7 Å². The van der Waals surface area contributed by atoms with Crippen LogP contribution in [0.1, 0.15) is 37.1 Å². The maximum atomic E-state index is 13.1. The van der Waals surface area contributed by atoms with E-state index in [0.29, 0.717) is 18.1 Å². The Labute approximate surface area is 147 Å². The first-order valence-electron chi connectivity index (χ1n) is 8.48. The summed E-state index contributed by atoms with van der Waals surface area (Å²) in [6.45, 7) is 2.05. The monoisotopic (exact) mass is 341 g/mol. The second-order valence-electron chi connectivity index (χ2n) is 6.67. The smallest absolute Gasteiger partial charge is 0.272 e. The second-order valence-corrected chi connectivity index (χ2v) is 6.67. The standard InChI is InChI=1S/C18H23N5O2/c1-14-19-20-21-23(14)16(12-15-8-4-3-5-9-15)17(24)22(2)13-18(25)10-6-7-11-18/h3-5,8-9,12,25H,6-7,10-11,13H2,1-2H3/b16-12-. The highest BCUT2D eigenvalue weighted by molar-refractivity contribution is 6.18. The molecule has 25 heavy (non-hydrogen) atoms. The predicted molar refractivity (Wildman–Crippen MR) is 94.2 cm³/mol. The van der Waals surface area contributed by atoms with Gasteiger partial charge in [0.15, 0.2) is 5.82 Å². The number of tetrazole rings is 1. The Morgan fingerprint density at radius 2 is 2.00 bits per heavy atom. The van der Waals surface area contributed by atoms with Gasteiger partial charge in [-0.05, 0) is 41.8 Å². The lowest BCUT2D eigenvalue weighted by Crippen LogP contribution is -2.42. The van der Waals surface area contributed by atoms with Crippen LogP contribution in [0, 0.1) is 6.92 Å². The molecule has 7 heteroatoms. The van der Waals surface area contributed by atoms with Crippen molar-refractivity contribution in [3.05, 3.63) is 41.7 Å². The van der Waals surface area contributed by atoms with E-state index in [4.69, 9.17) is 0 Å². The molecule has 1 aliphatic carbocycles. The van der Waals surface area contributed by atoms with Crippen LogP contribution in [0.5, 0.6) is 0 Å². The molecule has 1 fully saturated rings. The Morgan fingerprint density at radius 1 is 1.32 bits per heavy atom. The van der Waals surface area contributed by atoms with Crippen molar-refractivity contribution in [2.45, 2.75) is 38.2 Å². The van der Waals surface area contributed by atoms with E-state index in [0.717, 1.165) is 31.2 Å². The molecule has 0 saturated heterocycles. The second kappa shape index (κ2) is 7.14. The predicted octanol–water partition coefficient (Wildman–Crippen LogP) is 1.74. The van der Waals surface area contributed by atoms with Crippen LogP contribution >= 0.6 is 0 Å². The lowest BCUT2D eigenvalue weighted by molar-refractivity contribution is -0.127. The van der Waals surface area contributed by atoms with E-state index in [1.165, 1.54) is 4.68 Å². The van der Waals surface area contributed by atoms with Crippen LogP contribution in [0.2, 0.25) is 0 Å². The van der Waals surface area contributed by atoms with Crippen LogP contribution in [-0.2, 0) is 4.79 Å². The number of amides is 1. The van der Waals surface area contributed by atoms with Crippen LogP contribution in [-0.4, -0.2) is 55.3 Å². The highest BCUT2D eigenvalue weighted by Gasteiger charge is 2.34. The molecule has 1 aromatic heterocycles. The van der Waals surface area contributed by atoms with Gasteiger partial charge in [-0.3, -0.25) is 4.79 Å². The third kappa shape index (κ3) is 3.93. The Bertz CT molecular complexity index is 763. The Morgan fingerprint density at radius 3 is 2.60 bits per heavy atom. The van der Waals surface area contributed by atoms with E-state index in [1.54, 1.807) is 24.9 Å². The molecular formula is C18H23N5O2. The van der Waals surface area contributed by atoms with Gasteiger partial charge in [0, 0.05) is 13.6 Å². The van der Waals surface area contributed by atoms with Gasteiger partial charge < -0.3 is 10.0 Å². The minimum Gasteiger partial charge on any atom is -0.388 e. The molecule has 0 bridgehead atoms. The average molecular weight is 341 g/mol. The zero-order valence-electron chi connectivity index (χ0n) is 14.6. The van der Waals surface area contributed by atoms with Gasteiger partial charge in [-0.1, -0.05) is 43.2 Å². The number of carbonyl (C=O) groups excluding carboxylic acids is 1. The Balaban J connectivity index is 1.90. The molecule has 1 aromatic carbocycles. The van der Waals surface area contributed by atoms with Gasteiger partial charge in [0.1, 0.15) is 5.70 Å². The summed E-state index contributed by atoms with van der Waals surface area (Å²) < 4.78 is 1.44. The first-order valence-corrected chi connectivity index (χ1v) is 8.48. The maximum Gasteiger partial charge on any atom is 0.272 e. The number of benzene rings is 1. The number of aromatic nitrogens is 4. The molecule has 1 N–H and O–H groups in total. The molecule has 0 atom stereocenters. The topological polar surface area (TPSA) is 84.1 Å². The van der Waals surface area contributed by atoms with Crippen molar-refractivity contribution < 1.29 is 9.90 Å². The lowest BCUT2D eigenvalue weighted by Gasteiger charge is -2.29. The van der Waals surface area contributed by atoms with Gasteiger partial charge in [-0.2, -0.15) is 4.68 Å². The van der Waals surface area contributed by atoms with Crippen molar-refractivity contribution in [3.8, 4) is 0 Å². The summed E-state index contributed by atoms with van der Waals surface area (Å²) in [5, 5.41) is 22.1. The number of likely N-dealkylation sites (N-methyl/N-ethyl adjacent to an activating group) is 1. The first kappa shape index (κ1) is 17.3. The summed E-state index contributed by atoms with van der Waals surface area (Å²) >= 11 is 0. The van der Waals surface area contributed by atoms with Crippen LogP contribution in [0.15, 0.2) is 30.3 Å². The fourth-order valence-corrected chi connectivity index (χ4v) is 3.27. The van der Waals surface area contributed by atoms with Crippen LogP contribution < -0.4 is 0 Å². The minimum atomic E-state index is -0.794. The number of hydrogen-bond acceptors (Lipinski definition) is 5. The molecule has 1 aliphatic rings. The average Bonchev–Trinajstić information content (AvgIpc) is 3.21. The summed E-state index contributed by atoms with van der Waals surface area (Å²) in [5.41, 5.74) is 0.448. The number of hydrogen-bond donors (Lipinski definition) is 1. The minimum absolute atomic E-state index is 0.223. The molecule has 0 aliphatic heterocycles. The Hall–Kier alpha value is -2.54. The SMILES string of the molecule is Cc1nnnn1/C(=C\c1ccccc1)C(=O)N(C)CC1(O)CCCC1. The largest absolute Gasteiger partial charge is 0.388 e.